The van der Waals surface area contributed by atoms with Crippen molar-refractivity contribution in [2.24, 2.45) is 0 Å². The van der Waals surface area contributed by atoms with Crippen LogP contribution in [0.5, 0.6) is 11.6 Å². The SMILES string of the molecule is CCOc1ncc(Cn2cnc(CO)n2)cc1-c1cccc(OC(F)(F)F)c1. The van der Waals surface area contributed by atoms with Gasteiger partial charge in [0.05, 0.1) is 13.2 Å². The third kappa shape index (κ3) is 4.97. The maximum atomic E-state index is 12.5. The fraction of sp³-hybridized carbons (Fsp3) is 0.278. The number of halogens is 3. The molecule has 0 aliphatic heterocycles. The van der Waals surface area contributed by atoms with Crippen LogP contribution in [0.15, 0.2) is 42.9 Å². The second-order valence-electron chi connectivity index (χ2n) is 5.72. The first-order chi connectivity index (χ1) is 13.4. The van der Waals surface area contributed by atoms with Gasteiger partial charge in [-0.05, 0) is 36.2 Å². The Kier molecular flexibility index (Phi) is 5.78. The molecule has 3 aromatic rings. The minimum Gasteiger partial charge on any atom is -0.478 e. The number of hydrogen-bond acceptors (Lipinski definition) is 6. The Hall–Kier alpha value is -3.14. The summed E-state index contributed by atoms with van der Waals surface area (Å²) in [5.74, 6) is 0.253. The average Bonchev–Trinajstić information content (AvgIpc) is 3.09. The largest absolute Gasteiger partial charge is 0.573 e. The minimum atomic E-state index is -4.78. The van der Waals surface area contributed by atoms with E-state index >= 15 is 0 Å². The van der Waals surface area contributed by atoms with Crippen LogP contribution in [0.2, 0.25) is 0 Å². The lowest BCUT2D eigenvalue weighted by atomic mass is 10.0. The maximum Gasteiger partial charge on any atom is 0.573 e. The van der Waals surface area contributed by atoms with Crippen molar-refractivity contribution < 1.29 is 27.8 Å². The fourth-order valence-electron chi connectivity index (χ4n) is 2.57. The van der Waals surface area contributed by atoms with Crippen molar-refractivity contribution in [3.63, 3.8) is 0 Å². The van der Waals surface area contributed by atoms with Crippen LogP contribution < -0.4 is 9.47 Å². The van der Waals surface area contributed by atoms with Gasteiger partial charge in [-0.1, -0.05) is 12.1 Å². The van der Waals surface area contributed by atoms with E-state index in [1.165, 1.54) is 29.2 Å². The second kappa shape index (κ2) is 8.26. The molecule has 3 rings (SSSR count). The van der Waals surface area contributed by atoms with Crippen molar-refractivity contribution in [1.29, 1.82) is 0 Å². The first kappa shape index (κ1) is 19.6. The summed E-state index contributed by atoms with van der Waals surface area (Å²) in [7, 11) is 0. The molecule has 0 aliphatic carbocycles. The fourth-order valence-corrected chi connectivity index (χ4v) is 2.57. The van der Waals surface area contributed by atoms with Crippen LogP contribution in [0.25, 0.3) is 11.1 Å². The van der Waals surface area contributed by atoms with Gasteiger partial charge in [0.15, 0.2) is 5.82 Å². The monoisotopic (exact) mass is 394 g/mol. The van der Waals surface area contributed by atoms with E-state index in [1.54, 1.807) is 25.3 Å². The van der Waals surface area contributed by atoms with E-state index in [4.69, 9.17) is 9.84 Å². The molecule has 1 N–H and O–H groups in total. The molecule has 0 aliphatic rings. The molecule has 2 aromatic heterocycles. The van der Waals surface area contributed by atoms with Gasteiger partial charge in [0, 0.05) is 11.8 Å². The molecule has 0 atom stereocenters. The molecular formula is C18H17F3N4O3. The van der Waals surface area contributed by atoms with E-state index in [9.17, 15) is 13.2 Å². The molecule has 0 amide bonds. The van der Waals surface area contributed by atoms with Crippen LogP contribution in [0, 0.1) is 0 Å². The number of ether oxygens (including phenoxy) is 2. The zero-order chi connectivity index (χ0) is 20.1. The van der Waals surface area contributed by atoms with Crippen LogP contribution >= 0.6 is 0 Å². The Bertz CT molecular complexity index is 944. The van der Waals surface area contributed by atoms with E-state index in [2.05, 4.69) is 19.8 Å². The molecule has 2 heterocycles. The Morgan fingerprint density at radius 3 is 2.68 bits per heavy atom. The second-order valence-corrected chi connectivity index (χ2v) is 5.72. The number of aromatic nitrogens is 4. The van der Waals surface area contributed by atoms with Gasteiger partial charge in [-0.3, -0.25) is 0 Å². The number of alkyl halides is 3. The number of aliphatic hydroxyl groups excluding tert-OH is 1. The van der Waals surface area contributed by atoms with Crippen molar-refractivity contribution in [2.45, 2.75) is 26.4 Å². The quantitative estimate of drug-likeness (QED) is 0.663. The van der Waals surface area contributed by atoms with E-state index in [0.29, 0.717) is 30.2 Å². The molecule has 10 heteroatoms. The van der Waals surface area contributed by atoms with Gasteiger partial charge in [-0.25, -0.2) is 14.6 Å². The van der Waals surface area contributed by atoms with Gasteiger partial charge < -0.3 is 14.6 Å². The maximum absolute atomic E-state index is 12.5. The van der Waals surface area contributed by atoms with E-state index in [-0.39, 0.29) is 18.2 Å². The standard InChI is InChI=1S/C18H17F3N4O3/c1-2-27-17-15(13-4-3-5-14(7-13)28-18(19,20)21)6-12(8-22-17)9-25-11-23-16(10-26)24-25/h3-8,11,26H,2,9-10H2,1H3. The van der Waals surface area contributed by atoms with Gasteiger partial charge in [0.2, 0.25) is 5.88 Å². The van der Waals surface area contributed by atoms with Gasteiger partial charge in [0.1, 0.15) is 18.7 Å². The Labute approximate surface area is 158 Å². The number of hydrogen-bond donors (Lipinski definition) is 1. The molecule has 0 saturated heterocycles. The lowest BCUT2D eigenvalue weighted by Crippen LogP contribution is -2.17. The molecular weight excluding hydrogens is 377 g/mol. The summed E-state index contributed by atoms with van der Waals surface area (Å²) >= 11 is 0. The van der Waals surface area contributed by atoms with E-state index in [1.807, 2.05) is 0 Å². The number of pyridine rings is 1. The zero-order valence-corrected chi connectivity index (χ0v) is 14.8. The smallest absolute Gasteiger partial charge is 0.478 e. The van der Waals surface area contributed by atoms with Gasteiger partial charge in [0.25, 0.3) is 0 Å². The molecule has 28 heavy (non-hydrogen) atoms. The summed E-state index contributed by atoms with van der Waals surface area (Å²) < 4.78 is 48.6. The average molecular weight is 394 g/mol. The summed E-state index contributed by atoms with van der Waals surface area (Å²) in [4.78, 5) is 8.21. The van der Waals surface area contributed by atoms with E-state index < -0.39 is 6.36 Å². The number of rotatable bonds is 7. The van der Waals surface area contributed by atoms with Crippen LogP contribution in [-0.2, 0) is 13.2 Å². The molecule has 0 unspecified atom stereocenters. The predicted octanol–water partition coefficient (Wildman–Crippen LogP) is 3.18. The number of aliphatic hydroxyl groups is 1. The molecule has 0 fully saturated rings. The van der Waals surface area contributed by atoms with E-state index in [0.717, 1.165) is 5.56 Å². The number of benzene rings is 1. The Balaban J connectivity index is 1.94. The highest BCUT2D eigenvalue weighted by molar-refractivity contribution is 5.70. The van der Waals surface area contributed by atoms with Crippen molar-refractivity contribution in [1.82, 2.24) is 19.7 Å². The highest BCUT2D eigenvalue weighted by Crippen LogP contribution is 2.33. The third-order valence-corrected chi connectivity index (χ3v) is 3.64. The highest BCUT2D eigenvalue weighted by atomic mass is 19.4. The summed E-state index contributed by atoms with van der Waals surface area (Å²) in [6.45, 7) is 2.18. The summed E-state index contributed by atoms with van der Waals surface area (Å²) in [5.41, 5.74) is 1.72. The topological polar surface area (TPSA) is 82.3 Å². The summed E-state index contributed by atoms with van der Waals surface area (Å²) in [6.07, 6.45) is -1.72. The van der Waals surface area contributed by atoms with Crippen molar-refractivity contribution in [3.05, 3.63) is 54.2 Å². The summed E-state index contributed by atoms with van der Waals surface area (Å²) in [5, 5.41) is 13.1. The van der Waals surface area contributed by atoms with Crippen molar-refractivity contribution in [3.8, 4) is 22.8 Å². The lowest BCUT2D eigenvalue weighted by Gasteiger charge is -2.13. The van der Waals surface area contributed by atoms with Gasteiger partial charge in [-0.2, -0.15) is 5.10 Å². The van der Waals surface area contributed by atoms with Gasteiger partial charge >= 0.3 is 6.36 Å². The van der Waals surface area contributed by atoms with Crippen molar-refractivity contribution >= 4 is 0 Å². The minimum absolute atomic E-state index is 0.272. The third-order valence-electron chi connectivity index (χ3n) is 3.64. The molecule has 7 nitrogen and oxygen atoms in total. The molecule has 1 aromatic carbocycles. The lowest BCUT2D eigenvalue weighted by molar-refractivity contribution is -0.274. The number of nitrogens with zero attached hydrogens (tertiary/aromatic N) is 4. The molecule has 0 saturated carbocycles. The highest BCUT2D eigenvalue weighted by Gasteiger charge is 2.31. The first-order valence-electron chi connectivity index (χ1n) is 8.35. The molecule has 0 spiro atoms. The van der Waals surface area contributed by atoms with Crippen LogP contribution in [0.4, 0.5) is 13.2 Å². The van der Waals surface area contributed by atoms with Crippen LogP contribution in [0.1, 0.15) is 18.3 Å². The van der Waals surface area contributed by atoms with Crippen LogP contribution in [-0.4, -0.2) is 37.8 Å². The van der Waals surface area contributed by atoms with Crippen LogP contribution in [0.3, 0.4) is 0 Å². The summed E-state index contributed by atoms with van der Waals surface area (Å²) in [6, 6.07) is 7.36. The zero-order valence-electron chi connectivity index (χ0n) is 14.8. The Morgan fingerprint density at radius 1 is 1.18 bits per heavy atom. The molecule has 0 bridgehead atoms. The first-order valence-corrected chi connectivity index (χ1v) is 8.35. The molecule has 0 radical (unpaired) electrons. The van der Waals surface area contributed by atoms with Crippen molar-refractivity contribution in [2.75, 3.05) is 6.61 Å². The predicted molar refractivity (Wildman–Crippen MR) is 92.6 cm³/mol. The normalized spacial score (nSPS) is 11.5. The molecule has 148 valence electrons. The van der Waals surface area contributed by atoms with Gasteiger partial charge in [-0.15, -0.1) is 13.2 Å². The Morgan fingerprint density at radius 2 is 2.00 bits per heavy atom.